The molecule has 0 aromatic heterocycles. The van der Waals surface area contributed by atoms with Crippen LogP contribution in [-0.2, 0) is 4.79 Å². The van der Waals surface area contributed by atoms with Crippen molar-refractivity contribution in [2.75, 3.05) is 0 Å². The predicted molar refractivity (Wildman–Crippen MR) is 109 cm³/mol. The van der Waals surface area contributed by atoms with E-state index in [-0.39, 0.29) is 0 Å². The van der Waals surface area contributed by atoms with Crippen molar-refractivity contribution in [2.24, 2.45) is 5.73 Å². The maximum absolute atomic E-state index is 10.4. The molecular weight excluding hydrogens is 310 g/mol. The molecule has 0 aliphatic rings. The standard InChI is InChI=1S/C22H45NO2/c1-2-3-4-5-12-15-18-21(23)19-16-13-10-8-6-7-9-11-14-17-20-22(24)25/h21H,2-20,23H2,1H3,(H,24,25). The smallest absolute Gasteiger partial charge is 0.303 e. The molecule has 0 saturated carbocycles. The van der Waals surface area contributed by atoms with E-state index >= 15 is 0 Å². The van der Waals surface area contributed by atoms with Crippen LogP contribution in [0.1, 0.15) is 129 Å². The Morgan fingerprint density at radius 1 is 0.680 bits per heavy atom. The maximum Gasteiger partial charge on any atom is 0.303 e. The number of carboxylic acids is 1. The summed E-state index contributed by atoms with van der Waals surface area (Å²) < 4.78 is 0. The van der Waals surface area contributed by atoms with Gasteiger partial charge < -0.3 is 10.8 Å². The minimum atomic E-state index is -0.660. The molecular formula is C22H45NO2. The van der Waals surface area contributed by atoms with Crippen LogP contribution >= 0.6 is 0 Å². The van der Waals surface area contributed by atoms with E-state index in [9.17, 15) is 4.79 Å². The Kier molecular flexibility index (Phi) is 19.3. The van der Waals surface area contributed by atoms with Gasteiger partial charge in [-0.25, -0.2) is 0 Å². The zero-order chi connectivity index (χ0) is 18.6. The number of hydrogen-bond acceptors (Lipinski definition) is 2. The van der Waals surface area contributed by atoms with E-state index in [0.29, 0.717) is 12.5 Å². The van der Waals surface area contributed by atoms with E-state index in [0.717, 1.165) is 12.8 Å². The molecule has 0 fully saturated rings. The lowest BCUT2D eigenvalue weighted by atomic mass is 10.0. The SMILES string of the molecule is CCCCCCCCC(N)CCCCCCCCCCCCC(=O)O. The second kappa shape index (κ2) is 19.8. The molecule has 0 radical (unpaired) electrons. The normalized spacial score (nSPS) is 12.4. The summed E-state index contributed by atoms with van der Waals surface area (Å²) in [6.07, 6.45) is 23.3. The molecule has 25 heavy (non-hydrogen) atoms. The molecule has 0 aliphatic carbocycles. The summed E-state index contributed by atoms with van der Waals surface area (Å²) in [4.78, 5) is 10.4. The first-order chi connectivity index (χ1) is 12.2. The summed E-state index contributed by atoms with van der Waals surface area (Å²) in [7, 11) is 0. The first kappa shape index (κ1) is 24.4. The second-order valence-corrected chi connectivity index (χ2v) is 7.78. The van der Waals surface area contributed by atoms with Gasteiger partial charge in [-0.2, -0.15) is 0 Å². The quantitative estimate of drug-likeness (QED) is 0.235. The minimum Gasteiger partial charge on any atom is -0.481 e. The summed E-state index contributed by atoms with van der Waals surface area (Å²) in [6, 6.07) is 0.428. The van der Waals surface area contributed by atoms with Crippen LogP contribution in [0.2, 0.25) is 0 Å². The Balaban J connectivity index is 3.13. The predicted octanol–water partition coefficient (Wildman–Crippen LogP) is 6.83. The van der Waals surface area contributed by atoms with Crippen LogP contribution in [0.5, 0.6) is 0 Å². The van der Waals surface area contributed by atoms with Gasteiger partial charge in [0.25, 0.3) is 0 Å². The van der Waals surface area contributed by atoms with Gasteiger partial charge in [0.1, 0.15) is 0 Å². The highest BCUT2D eigenvalue weighted by Gasteiger charge is 2.02. The van der Waals surface area contributed by atoms with Gasteiger partial charge in [-0.1, -0.05) is 103 Å². The lowest BCUT2D eigenvalue weighted by Crippen LogP contribution is -2.19. The van der Waals surface area contributed by atoms with Crippen molar-refractivity contribution in [3.63, 3.8) is 0 Å². The number of unbranched alkanes of at least 4 members (excludes halogenated alkanes) is 14. The molecule has 3 heteroatoms. The Hall–Kier alpha value is -0.570. The summed E-state index contributed by atoms with van der Waals surface area (Å²) in [5, 5.41) is 8.57. The second-order valence-electron chi connectivity index (χ2n) is 7.78. The maximum atomic E-state index is 10.4. The average molecular weight is 356 g/mol. The van der Waals surface area contributed by atoms with Gasteiger partial charge in [0.2, 0.25) is 0 Å². The highest BCUT2D eigenvalue weighted by atomic mass is 16.4. The molecule has 0 bridgehead atoms. The molecule has 0 heterocycles. The van der Waals surface area contributed by atoms with E-state index in [1.807, 2.05) is 0 Å². The van der Waals surface area contributed by atoms with E-state index < -0.39 is 5.97 Å². The minimum absolute atomic E-state index is 0.334. The molecule has 0 spiro atoms. The third-order valence-electron chi connectivity index (χ3n) is 5.14. The van der Waals surface area contributed by atoms with Crippen LogP contribution in [0, 0.1) is 0 Å². The first-order valence-corrected chi connectivity index (χ1v) is 11.1. The lowest BCUT2D eigenvalue weighted by molar-refractivity contribution is -0.137. The van der Waals surface area contributed by atoms with Crippen molar-refractivity contribution in [1.29, 1.82) is 0 Å². The van der Waals surface area contributed by atoms with Gasteiger partial charge in [0, 0.05) is 12.5 Å². The summed E-state index contributed by atoms with van der Waals surface area (Å²) >= 11 is 0. The number of rotatable bonds is 20. The summed E-state index contributed by atoms with van der Waals surface area (Å²) in [5.41, 5.74) is 6.22. The van der Waals surface area contributed by atoms with Crippen molar-refractivity contribution in [3.05, 3.63) is 0 Å². The van der Waals surface area contributed by atoms with E-state index in [1.54, 1.807) is 0 Å². The Morgan fingerprint density at radius 3 is 1.44 bits per heavy atom. The fourth-order valence-corrected chi connectivity index (χ4v) is 3.43. The summed E-state index contributed by atoms with van der Waals surface area (Å²) in [6.45, 7) is 2.26. The molecule has 0 aliphatic heterocycles. The fourth-order valence-electron chi connectivity index (χ4n) is 3.43. The van der Waals surface area contributed by atoms with E-state index in [2.05, 4.69) is 6.92 Å². The number of aliphatic carboxylic acids is 1. The highest BCUT2D eigenvalue weighted by molar-refractivity contribution is 5.66. The molecule has 0 aromatic rings. The monoisotopic (exact) mass is 355 g/mol. The molecule has 150 valence electrons. The van der Waals surface area contributed by atoms with E-state index in [1.165, 1.54) is 103 Å². The summed E-state index contributed by atoms with van der Waals surface area (Å²) in [5.74, 6) is -0.660. The van der Waals surface area contributed by atoms with Gasteiger partial charge in [0.15, 0.2) is 0 Å². The first-order valence-electron chi connectivity index (χ1n) is 11.1. The average Bonchev–Trinajstić information content (AvgIpc) is 2.58. The molecule has 0 saturated heterocycles. The Morgan fingerprint density at radius 2 is 1.04 bits per heavy atom. The highest BCUT2D eigenvalue weighted by Crippen LogP contribution is 2.14. The van der Waals surface area contributed by atoms with Crippen LogP contribution < -0.4 is 5.73 Å². The topological polar surface area (TPSA) is 63.3 Å². The van der Waals surface area contributed by atoms with Crippen LogP contribution in [0.15, 0.2) is 0 Å². The van der Waals surface area contributed by atoms with Gasteiger partial charge >= 0.3 is 5.97 Å². The van der Waals surface area contributed by atoms with Crippen LogP contribution in [0.25, 0.3) is 0 Å². The van der Waals surface area contributed by atoms with Gasteiger partial charge in [-0.05, 0) is 19.3 Å². The van der Waals surface area contributed by atoms with Crippen LogP contribution in [0.4, 0.5) is 0 Å². The third-order valence-corrected chi connectivity index (χ3v) is 5.14. The molecule has 1 unspecified atom stereocenters. The molecule has 0 aromatic carbocycles. The number of nitrogens with two attached hydrogens (primary N) is 1. The largest absolute Gasteiger partial charge is 0.481 e. The van der Waals surface area contributed by atoms with Gasteiger partial charge in [-0.3, -0.25) is 4.79 Å². The van der Waals surface area contributed by atoms with E-state index in [4.69, 9.17) is 10.8 Å². The van der Waals surface area contributed by atoms with Crippen molar-refractivity contribution >= 4 is 5.97 Å². The molecule has 3 N–H and O–H groups in total. The van der Waals surface area contributed by atoms with Crippen molar-refractivity contribution in [2.45, 2.75) is 135 Å². The third kappa shape index (κ3) is 21.4. The molecule has 1 atom stereocenters. The Labute approximate surface area is 157 Å². The van der Waals surface area contributed by atoms with Gasteiger partial charge in [0.05, 0.1) is 0 Å². The number of hydrogen-bond donors (Lipinski definition) is 2. The molecule has 0 rings (SSSR count). The van der Waals surface area contributed by atoms with Crippen molar-refractivity contribution in [3.8, 4) is 0 Å². The van der Waals surface area contributed by atoms with Crippen molar-refractivity contribution in [1.82, 2.24) is 0 Å². The van der Waals surface area contributed by atoms with Gasteiger partial charge in [-0.15, -0.1) is 0 Å². The fraction of sp³-hybridized carbons (Fsp3) is 0.955. The lowest BCUT2D eigenvalue weighted by Gasteiger charge is -2.11. The number of carboxylic acid groups (broad SMARTS) is 1. The van der Waals surface area contributed by atoms with Crippen LogP contribution in [0.3, 0.4) is 0 Å². The van der Waals surface area contributed by atoms with Crippen molar-refractivity contribution < 1.29 is 9.90 Å². The number of carbonyl (C=O) groups is 1. The zero-order valence-corrected chi connectivity index (χ0v) is 16.9. The zero-order valence-electron chi connectivity index (χ0n) is 16.9. The Bertz CT molecular complexity index is 281. The molecule has 0 amide bonds. The molecule has 3 nitrogen and oxygen atoms in total. The van der Waals surface area contributed by atoms with Crippen LogP contribution in [-0.4, -0.2) is 17.1 Å².